The van der Waals surface area contributed by atoms with E-state index in [0.29, 0.717) is 16.5 Å². The summed E-state index contributed by atoms with van der Waals surface area (Å²) in [4.78, 5) is 0.349. The monoisotopic (exact) mass is 287 g/mol. The first-order valence-electron chi connectivity index (χ1n) is 6.10. The molecule has 1 N–H and O–H groups in total. The quantitative estimate of drug-likeness (QED) is 0.866. The molecule has 1 fully saturated rings. The van der Waals surface area contributed by atoms with Gasteiger partial charge in [0.05, 0.1) is 16.1 Å². The molecule has 2 rings (SSSR count). The van der Waals surface area contributed by atoms with Crippen LogP contribution < -0.4 is 5.32 Å². The van der Waals surface area contributed by atoms with Crippen LogP contribution in [0.4, 0.5) is 5.69 Å². The predicted octanol–water partition coefficient (Wildman–Crippen LogP) is 3.05. The average Bonchev–Trinajstić information content (AvgIpc) is 2.78. The van der Waals surface area contributed by atoms with Crippen molar-refractivity contribution in [2.45, 2.75) is 36.1 Å². The minimum absolute atomic E-state index is 0.150. The molecule has 18 heavy (non-hydrogen) atoms. The average molecular weight is 288 g/mol. The summed E-state index contributed by atoms with van der Waals surface area (Å²) in [7, 11) is -3.22. The maximum absolute atomic E-state index is 11.7. The van der Waals surface area contributed by atoms with Crippen LogP contribution in [-0.2, 0) is 9.84 Å². The second-order valence-electron chi connectivity index (χ2n) is 5.01. The topological polar surface area (TPSA) is 46.2 Å². The van der Waals surface area contributed by atoms with Gasteiger partial charge in [-0.2, -0.15) is 0 Å². The van der Waals surface area contributed by atoms with E-state index in [2.05, 4.69) is 5.32 Å². The van der Waals surface area contributed by atoms with Crippen LogP contribution in [0.25, 0.3) is 0 Å². The van der Waals surface area contributed by atoms with Gasteiger partial charge in [-0.1, -0.05) is 25.0 Å². The Hall–Kier alpha value is -0.740. The molecular weight excluding hydrogens is 270 g/mol. The fourth-order valence-electron chi connectivity index (χ4n) is 2.52. The van der Waals surface area contributed by atoms with Crippen molar-refractivity contribution in [3.8, 4) is 0 Å². The van der Waals surface area contributed by atoms with E-state index in [1.807, 2.05) is 12.1 Å². The molecule has 1 saturated carbocycles. The molecule has 0 aliphatic heterocycles. The lowest BCUT2D eigenvalue weighted by Gasteiger charge is -2.30. The molecule has 0 radical (unpaired) electrons. The predicted molar refractivity (Wildman–Crippen MR) is 75.1 cm³/mol. The summed E-state index contributed by atoms with van der Waals surface area (Å²) in [6.45, 7) is 0. The highest BCUT2D eigenvalue weighted by Gasteiger charge is 2.33. The fourth-order valence-corrected chi connectivity index (χ4v) is 3.70. The van der Waals surface area contributed by atoms with Gasteiger partial charge in [0.2, 0.25) is 0 Å². The Morgan fingerprint density at radius 3 is 2.44 bits per heavy atom. The van der Waals surface area contributed by atoms with Gasteiger partial charge < -0.3 is 5.32 Å². The summed E-state index contributed by atoms with van der Waals surface area (Å²) >= 11 is 6.07. The van der Waals surface area contributed by atoms with Crippen LogP contribution in [0, 0.1) is 0 Å². The van der Waals surface area contributed by atoms with Gasteiger partial charge in [-0.05, 0) is 25.0 Å². The third-order valence-corrected chi connectivity index (χ3v) is 5.17. The summed E-state index contributed by atoms with van der Waals surface area (Å²) in [6.07, 6.45) is 5.50. The summed E-state index contributed by atoms with van der Waals surface area (Å²) in [5.41, 5.74) is 0.519. The summed E-state index contributed by atoms with van der Waals surface area (Å²) in [5, 5.41) is 3.37. The summed E-state index contributed by atoms with van der Waals surface area (Å²) in [6, 6.07) is 7.02. The minimum Gasteiger partial charge on any atom is -0.377 e. The number of benzene rings is 1. The van der Waals surface area contributed by atoms with Gasteiger partial charge >= 0.3 is 0 Å². The first-order chi connectivity index (χ1) is 8.47. The van der Waals surface area contributed by atoms with E-state index in [-0.39, 0.29) is 5.54 Å². The number of alkyl halides is 1. The number of anilines is 1. The van der Waals surface area contributed by atoms with Crippen LogP contribution in [0.3, 0.4) is 0 Å². The van der Waals surface area contributed by atoms with Gasteiger partial charge in [-0.15, -0.1) is 11.6 Å². The Kier molecular flexibility index (Phi) is 3.87. The zero-order valence-electron chi connectivity index (χ0n) is 10.4. The number of hydrogen-bond donors (Lipinski definition) is 1. The minimum atomic E-state index is -3.22. The zero-order chi connectivity index (χ0) is 13.2. The second-order valence-corrected chi connectivity index (χ2v) is 7.27. The van der Waals surface area contributed by atoms with Crippen LogP contribution >= 0.6 is 11.6 Å². The number of nitrogens with one attached hydrogen (secondary N) is 1. The standard InChI is InChI=1S/C13H18ClNO2S/c1-18(16,17)12-7-3-2-6-11(12)15-13(10-14)8-4-5-9-13/h2-3,6-7,15H,4-5,8-10H2,1H3. The number of hydrogen-bond acceptors (Lipinski definition) is 3. The number of sulfone groups is 1. The maximum atomic E-state index is 11.7. The molecule has 0 bridgehead atoms. The van der Waals surface area contributed by atoms with Gasteiger partial charge in [-0.25, -0.2) is 8.42 Å². The van der Waals surface area contributed by atoms with Crippen molar-refractivity contribution in [2.24, 2.45) is 0 Å². The van der Waals surface area contributed by atoms with E-state index in [1.54, 1.807) is 12.1 Å². The third kappa shape index (κ3) is 2.81. The van der Waals surface area contributed by atoms with Gasteiger partial charge in [-0.3, -0.25) is 0 Å². The van der Waals surface area contributed by atoms with E-state index in [4.69, 9.17) is 11.6 Å². The molecule has 1 aliphatic carbocycles. The van der Waals surface area contributed by atoms with Crippen molar-refractivity contribution in [3.63, 3.8) is 0 Å². The maximum Gasteiger partial charge on any atom is 0.177 e. The Morgan fingerprint density at radius 1 is 1.28 bits per heavy atom. The van der Waals surface area contributed by atoms with Crippen LogP contribution in [0.2, 0.25) is 0 Å². The van der Waals surface area contributed by atoms with Gasteiger partial charge in [0.1, 0.15) is 0 Å². The summed E-state index contributed by atoms with van der Waals surface area (Å²) in [5.74, 6) is 0.505. The van der Waals surface area contributed by atoms with Gasteiger partial charge in [0.15, 0.2) is 9.84 Å². The Balaban J connectivity index is 2.35. The van der Waals surface area contributed by atoms with E-state index in [0.717, 1.165) is 25.7 Å². The van der Waals surface area contributed by atoms with Crippen molar-refractivity contribution >= 4 is 27.1 Å². The fraction of sp³-hybridized carbons (Fsp3) is 0.538. The van der Waals surface area contributed by atoms with E-state index < -0.39 is 9.84 Å². The number of halogens is 1. The summed E-state index contributed by atoms with van der Waals surface area (Å²) < 4.78 is 23.5. The van der Waals surface area contributed by atoms with Crippen molar-refractivity contribution in [2.75, 3.05) is 17.5 Å². The Bertz CT molecular complexity index is 522. The molecule has 0 saturated heterocycles. The third-order valence-electron chi connectivity index (χ3n) is 3.50. The van der Waals surface area contributed by atoms with Crippen LogP contribution in [0.1, 0.15) is 25.7 Å². The smallest absolute Gasteiger partial charge is 0.177 e. The molecule has 0 heterocycles. The van der Waals surface area contributed by atoms with E-state index >= 15 is 0 Å². The van der Waals surface area contributed by atoms with E-state index in [9.17, 15) is 8.42 Å². The van der Waals surface area contributed by atoms with Gasteiger partial charge in [0, 0.05) is 12.1 Å². The number of para-hydroxylation sites is 1. The Morgan fingerprint density at radius 2 is 1.89 bits per heavy atom. The molecule has 5 heteroatoms. The van der Waals surface area contributed by atoms with Crippen molar-refractivity contribution in [1.29, 1.82) is 0 Å². The highest BCUT2D eigenvalue weighted by Crippen LogP contribution is 2.35. The van der Waals surface area contributed by atoms with Crippen LogP contribution in [-0.4, -0.2) is 26.1 Å². The molecule has 3 nitrogen and oxygen atoms in total. The molecule has 0 amide bonds. The first-order valence-corrected chi connectivity index (χ1v) is 8.53. The first kappa shape index (κ1) is 13.7. The lowest BCUT2D eigenvalue weighted by atomic mass is 10.00. The molecule has 0 atom stereocenters. The second kappa shape index (κ2) is 5.10. The molecule has 1 aromatic carbocycles. The molecule has 0 unspecified atom stereocenters. The largest absolute Gasteiger partial charge is 0.377 e. The molecule has 1 aromatic rings. The lowest BCUT2D eigenvalue weighted by molar-refractivity contribution is 0.538. The lowest BCUT2D eigenvalue weighted by Crippen LogP contribution is -2.37. The molecule has 0 spiro atoms. The molecule has 100 valence electrons. The highest BCUT2D eigenvalue weighted by molar-refractivity contribution is 7.90. The molecular formula is C13H18ClNO2S. The Labute approximate surface area is 113 Å². The van der Waals surface area contributed by atoms with Crippen LogP contribution in [0.15, 0.2) is 29.2 Å². The molecule has 1 aliphatic rings. The SMILES string of the molecule is CS(=O)(=O)c1ccccc1NC1(CCl)CCCC1. The zero-order valence-corrected chi connectivity index (χ0v) is 12.0. The molecule has 0 aromatic heterocycles. The van der Waals surface area contributed by atoms with Crippen molar-refractivity contribution < 1.29 is 8.42 Å². The van der Waals surface area contributed by atoms with Crippen LogP contribution in [0.5, 0.6) is 0 Å². The van der Waals surface area contributed by atoms with Gasteiger partial charge in [0.25, 0.3) is 0 Å². The number of rotatable bonds is 4. The van der Waals surface area contributed by atoms with E-state index in [1.165, 1.54) is 6.26 Å². The van der Waals surface area contributed by atoms with Crippen molar-refractivity contribution in [3.05, 3.63) is 24.3 Å². The normalized spacial score (nSPS) is 18.8. The van der Waals surface area contributed by atoms with Crippen molar-refractivity contribution in [1.82, 2.24) is 0 Å². The highest BCUT2D eigenvalue weighted by atomic mass is 35.5.